The molecule has 4 heterocycles. The predicted octanol–water partition coefficient (Wildman–Crippen LogP) is 2.83. The molecule has 0 aliphatic carbocycles. The molecule has 29 heavy (non-hydrogen) atoms. The lowest BCUT2D eigenvalue weighted by molar-refractivity contribution is 0.0590. The van der Waals surface area contributed by atoms with Gasteiger partial charge in [0.1, 0.15) is 0 Å². The van der Waals surface area contributed by atoms with Crippen molar-refractivity contribution in [1.82, 2.24) is 25.1 Å². The lowest BCUT2D eigenvalue weighted by Gasteiger charge is -2.53. The van der Waals surface area contributed by atoms with Crippen LogP contribution in [0.5, 0.6) is 0 Å². The Balaban J connectivity index is 1.36. The first kappa shape index (κ1) is 17.8. The summed E-state index contributed by atoms with van der Waals surface area (Å²) in [6.45, 7) is 6.43. The van der Waals surface area contributed by atoms with Crippen LogP contribution in [0.3, 0.4) is 0 Å². The normalized spacial score (nSPS) is 20.9. The monoisotopic (exact) mass is 388 g/mol. The SMILES string of the molecule is Cc1cc(C)nc(N2CC3CCN(C(=O)c4cn[nH]c4-c4ccccc4)CC32)n1. The number of aryl methyl sites for hydroxylation is 2. The Morgan fingerprint density at radius 1 is 1.10 bits per heavy atom. The maximum Gasteiger partial charge on any atom is 0.257 e. The molecule has 2 unspecified atom stereocenters. The summed E-state index contributed by atoms with van der Waals surface area (Å²) in [6, 6.07) is 12.1. The van der Waals surface area contributed by atoms with Crippen LogP contribution in [-0.4, -0.2) is 56.6 Å². The number of fused-ring (bicyclic) bond motifs is 1. The number of amides is 1. The number of piperidine rings is 1. The average molecular weight is 388 g/mol. The predicted molar refractivity (Wildman–Crippen MR) is 111 cm³/mol. The van der Waals surface area contributed by atoms with Gasteiger partial charge in [0.2, 0.25) is 5.95 Å². The number of hydrogen-bond donors (Lipinski definition) is 1. The van der Waals surface area contributed by atoms with Crippen LogP contribution in [0, 0.1) is 19.8 Å². The fourth-order valence-corrected chi connectivity index (χ4v) is 4.49. The molecule has 148 valence electrons. The molecule has 7 heteroatoms. The van der Waals surface area contributed by atoms with Gasteiger partial charge < -0.3 is 9.80 Å². The van der Waals surface area contributed by atoms with Gasteiger partial charge in [-0.2, -0.15) is 5.10 Å². The van der Waals surface area contributed by atoms with Crippen LogP contribution < -0.4 is 4.90 Å². The number of likely N-dealkylation sites (tertiary alicyclic amines) is 1. The van der Waals surface area contributed by atoms with Gasteiger partial charge in [0, 0.05) is 42.5 Å². The lowest BCUT2D eigenvalue weighted by Crippen LogP contribution is -2.65. The van der Waals surface area contributed by atoms with Crippen LogP contribution in [0.4, 0.5) is 5.95 Å². The van der Waals surface area contributed by atoms with Crippen LogP contribution in [0.15, 0.2) is 42.6 Å². The topological polar surface area (TPSA) is 78.0 Å². The second kappa shape index (κ2) is 6.99. The number of benzene rings is 1. The molecule has 7 nitrogen and oxygen atoms in total. The van der Waals surface area contributed by atoms with E-state index in [1.165, 1.54) is 0 Å². The van der Waals surface area contributed by atoms with Gasteiger partial charge in [-0.05, 0) is 26.3 Å². The van der Waals surface area contributed by atoms with Gasteiger partial charge in [-0.1, -0.05) is 30.3 Å². The maximum atomic E-state index is 13.3. The average Bonchev–Trinajstić information content (AvgIpc) is 3.18. The van der Waals surface area contributed by atoms with E-state index < -0.39 is 0 Å². The van der Waals surface area contributed by atoms with E-state index in [4.69, 9.17) is 0 Å². The number of hydrogen-bond acceptors (Lipinski definition) is 5. The van der Waals surface area contributed by atoms with E-state index in [9.17, 15) is 4.79 Å². The first-order valence-electron chi connectivity index (χ1n) is 10.1. The third-order valence-electron chi connectivity index (χ3n) is 6.00. The largest absolute Gasteiger partial charge is 0.336 e. The zero-order chi connectivity index (χ0) is 20.0. The van der Waals surface area contributed by atoms with Crippen molar-refractivity contribution in [2.24, 2.45) is 5.92 Å². The number of carbonyl (C=O) groups is 1. The Kier molecular flexibility index (Phi) is 4.30. The molecule has 0 radical (unpaired) electrons. The maximum absolute atomic E-state index is 13.3. The number of anilines is 1. The highest BCUT2D eigenvalue weighted by atomic mass is 16.2. The Bertz CT molecular complexity index is 1030. The zero-order valence-electron chi connectivity index (χ0n) is 16.7. The molecule has 2 aromatic heterocycles. The highest BCUT2D eigenvalue weighted by Gasteiger charge is 2.45. The molecule has 1 aromatic carbocycles. The summed E-state index contributed by atoms with van der Waals surface area (Å²) in [5.74, 6) is 1.41. The Labute approximate surface area is 169 Å². The molecule has 2 saturated heterocycles. The molecule has 2 aliphatic rings. The van der Waals surface area contributed by atoms with Crippen molar-refractivity contribution in [3.8, 4) is 11.3 Å². The molecular formula is C22H24N6O. The minimum atomic E-state index is 0.0317. The molecule has 1 amide bonds. The number of rotatable bonds is 3. The summed E-state index contributed by atoms with van der Waals surface area (Å²) in [5.41, 5.74) is 4.33. The minimum absolute atomic E-state index is 0.0317. The number of nitrogens with one attached hydrogen (secondary N) is 1. The van der Waals surface area contributed by atoms with Crippen molar-refractivity contribution < 1.29 is 4.79 Å². The molecule has 1 N–H and O–H groups in total. The second-order valence-electron chi connectivity index (χ2n) is 8.00. The third-order valence-corrected chi connectivity index (χ3v) is 6.00. The molecule has 0 saturated carbocycles. The highest BCUT2D eigenvalue weighted by Crippen LogP contribution is 2.36. The zero-order valence-corrected chi connectivity index (χ0v) is 16.7. The van der Waals surface area contributed by atoms with E-state index >= 15 is 0 Å². The summed E-state index contributed by atoms with van der Waals surface area (Å²) in [4.78, 5) is 26.7. The Morgan fingerprint density at radius 3 is 2.62 bits per heavy atom. The van der Waals surface area contributed by atoms with E-state index in [2.05, 4.69) is 25.1 Å². The van der Waals surface area contributed by atoms with E-state index in [1.807, 2.05) is 55.1 Å². The van der Waals surface area contributed by atoms with Gasteiger partial charge in [-0.15, -0.1) is 0 Å². The summed E-state index contributed by atoms with van der Waals surface area (Å²) in [5, 5.41) is 7.14. The molecule has 5 rings (SSSR count). The molecule has 3 aromatic rings. The van der Waals surface area contributed by atoms with Crippen LogP contribution in [0.25, 0.3) is 11.3 Å². The van der Waals surface area contributed by atoms with Crippen molar-refractivity contribution in [3.63, 3.8) is 0 Å². The summed E-state index contributed by atoms with van der Waals surface area (Å²) >= 11 is 0. The molecule has 2 aliphatic heterocycles. The van der Waals surface area contributed by atoms with Crippen LogP contribution >= 0.6 is 0 Å². The Hall–Kier alpha value is -3.22. The fraction of sp³-hybridized carbons (Fsp3) is 0.364. The summed E-state index contributed by atoms with van der Waals surface area (Å²) in [7, 11) is 0. The first-order chi connectivity index (χ1) is 14.1. The van der Waals surface area contributed by atoms with Gasteiger partial charge in [-0.25, -0.2) is 9.97 Å². The smallest absolute Gasteiger partial charge is 0.257 e. The van der Waals surface area contributed by atoms with E-state index in [-0.39, 0.29) is 11.9 Å². The second-order valence-corrected chi connectivity index (χ2v) is 8.00. The summed E-state index contributed by atoms with van der Waals surface area (Å²) in [6.07, 6.45) is 2.65. The van der Waals surface area contributed by atoms with Crippen molar-refractivity contribution in [3.05, 3.63) is 59.5 Å². The van der Waals surface area contributed by atoms with E-state index in [0.29, 0.717) is 18.0 Å². The standard InChI is InChI=1S/C22H24N6O/c1-14-10-15(2)25-22(24-14)28-12-17-8-9-27(13-19(17)28)21(29)18-11-23-26-20(18)16-6-4-3-5-7-16/h3-7,10-11,17,19H,8-9,12-13H2,1-2H3,(H,23,26). The number of aromatic nitrogens is 4. The number of carbonyl (C=O) groups excluding carboxylic acids is 1. The van der Waals surface area contributed by atoms with Gasteiger partial charge >= 0.3 is 0 Å². The molecule has 2 atom stereocenters. The van der Waals surface area contributed by atoms with Gasteiger partial charge in [0.05, 0.1) is 23.5 Å². The van der Waals surface area contributed by atoms with Crippen LogP contribution in [-0.2, 0) is 0 Å². The van der Waals surface area contributed by atoms with Crippen molar-refractivity contribution >= 4 is 11.9 Å². The molecule has 0 spiro atoms. The highest BCUT2D eigenvalue weighted by molar-refractivity contribution is 5.99. The molecular weight excluding hydrogens is 364 g/mol. The molecule has 0 bridgehead atoms. The van der Waals surface area contributed by atoms with Crippen LogP contribution in [0.1, 0.15) is 28.2 Å². The van der Waals surface area contributed by atoms with Crippen molar-refractivity contribution in [2.75, 3.05) is 24.5 Å². The van der Waals surface area contributed by atoms with E-state index in [0.717, 1.165) is 48.1 Å². The van der Waals surface area contributed by atoms with E-state index in [1.54, 1.807) is 6.20 Å². The Morgan fingerprint density at radius 2 is 1.86 bits per heavy atom. The quantitative estimate of drug-likeness (QED) is 0.747. The first-order valence-corrected chi connectivity index (χ1v) is 10.1. The summed E-state index contributed by atoms with van der Waals surface area (Å²) < 4.78 is 0. The fourth-order valence-electron chi connectivity index (χ4n) is 4.49. The molecule has 2 fully saturated rings. The van der Waals surface area contributed by atoms with Gasteiger partial charge in [0.25, 0.3) is 5.91 Å². The van der Waals surface area contributed by atoms with Gasteiger partial charge in [-0.3, -0.25) is 9.89 Å². The lowest BCUT2D eigenvalue weighted by atomic mass is 9.82. The number of nitrogens with zero attached hydrogens (tertiary/aromatic N) is 5. The number of aromatic amines is 1. The number of H-pyrrole nitrogens is 1. The van der Waals surface area contributed by atoms with Crippen molar-refractivity contribution in [2.45, 2.75) is 26.3 Å². The van der Waals surface area contributed by atoms with Gasteiger partial charge in [0.15, 0.2) is 0 Å². The minimum Gasteiger partial charge on any atom is -0.336 e. The van der Waals surface area contributed by atoms with Crippen LogP contribution in [0.2, 0.25) is 0 Å². The van der Waals surface area contributed by atoms with Crippen molar-refractivity contribution in [1.29, 1.82) is 0 Å². The third kappa shape index (κ3) is 3.16.